The van der Waals surface area contributed by atoms with Crippen molar-refractivity contribution in [3.05, 3.63) is 47.9 Å². The molecule has 0 aliphatic carbocycles. The molecule has 2 heterocycles. The summed E-state index contributed by atoms with van der Waals surface area (Å²) in [6.45, 7) is 0. The number of pyridine rings is 1. The Balaban J connectivity index is 2.11. The largest absolute Gasteiger partial charge is 0.478 e. The average Bonchev–Trinajstić information content (AvgIpc) is 2.91. The molecule has 0 spiro atoms. The molecule has 7 heteroatoms. The van der Waals surface area contributed by atoms with E-state index < -0.39 is 5.97 Å². The molecule has 7 nitrogen and oxygen atoms in total. The fourth-order valence-corrected chi connectivity index (χ4v) is 1.34. The number of amides is 1. The summed E-state index contributed by atoms with van der Waals surface area (Å²) in [5.41, 5.74) is 0.748. The van der Waals surface area contributed by atoms with Crippen molar-refractivity contribution in [3.8, 4) is 0 Å². The van der Waals surface area contributed by atoms with Gasteiger partial charge in [-0.3, -0.25) is 9.89 Å². The molecule has 1 amide bonds. The molecule has 0 aliphatic rings. The zero-order chi connectivity index (χ0) is 13.7. The number of nitrogens with zero attached hydrogens (tertiary/aromatic N) is 2. The lowest BCUT2D eigenvalue weighted by Crippen LogP contribution is -2.13. The number of hydrogen-bond acceptors (Lipinski definition) is 4. The number of nitrogens with one attached hydrogen (secondary N) is 2. The van der Waals surface area contributed by atoms with Crippen LogP contribution in [0.1, 0.15) is 16.2 Å². The van der Waals surface area contributed by atoms with Crippen LogP contribution in [-0.4, -0.2) is 32.2 Å². The SMILES string of the molecule is O=C(O)C=Cc1cccc(NC(=O)c2ccn[nH]2)n1. The van der Waals surface area contributed by atoms with Gasteiger partial charge in [-0.2, -0.15) is 5.10 Å². The van der Waals surface area contributed by atoms with E-state index in [0.717, 1.165) is 6.08 Å². The second-order valence-corrected chi connectivity index (χ2v) is 3.54. The van der Waals surface area contributed by atoms with E-state index >= 15 is 0 Å². The number of carbonyl (C=O) groups excluding carboxylic acids is 1. The lowest BCUT2D eigenvalue weighted by molar-refractivity contribution is -0.131. The molecule has 0 bridgehead atoms. The minimum Gasteiger partial charge on any atom is -0.478 e. The van der Waals surface area contributed by atoms with Gasteiger partial charge in [-0.1, -0.05) is 6.07 Å². The first-order valence-electron chi connectivity index (χ1n) is 5.34. The Hall–Kier alpha value is -2.96. The fraction of sp³-hybridized carbons (Fsp3) is 0. The maximum atomic E-state index is 11.7. The van der Waals surface area contributed by atoms with E-state index in [1.54, 1.807) is 18.2 Å². The Labute approximate surface area is 108 Å². The molecule has 0 radical (unpaired) electrons. The molecule has 2 aromatic heterocycles. The number of anilines is 1. The van der Waals surface area contributed by atoms with Crippen molar-refractivity contribution in [1.82, 2.24) is 15.2 Å². The second-order valence-electron chi connectivity index (χ2n) is 3.54. The van der Waals surface area contributed by atoms with Crippen molar-refractivity contribution < 1.29 is 14.7 Å². The lowest BCUT2D eigenvalue weighted by Gasteiger charge is -2.03. The monoisotopic (exact) mass is 258 g/mol. The van der Waals surface area contributed by atoms with Gasteiger partial charge < -0.3 is 10.4 Å². The highest BCUT2D eigenvalue weighted by atomic mass is 16.4. The standard InChI is InChI=1S/C12H10N4O3/c17-11(18)5-4-8-2-1-3-10(14-8)15-12(19)9-6-7-13-16-9/h1-7H,(H,13,16)(H,17,18)(H,14,15,19). The van der Waals surface area contributed by atoms with Gasteiger partial charge in [0.2, 0.25) is 0 Å². The highest BCUT2D eigenvalue weighted by Gasteiger charge is 2.07. The first-order valence-corrected chi connectivity index (χ1v) is 5.34. The molecule has 0 saturated heterocycles. The smallest absolute Gasteiger partial charge is 0.328 e. The summed E-state index contributed by atoms with van der Waals surface area (Å²) in [6.07, 6.45) is 3.78. The number of carbonyl (C=O) groups is 2. The highest BCUT2D eigenvalue weighted by Crippen LogP contribution is 2.07. The molecule has 2 rings (SSSR count). The topological polar surface area (TPSA) is 108 Å². The van der Waals surface area contributed by atoms with Crippen LogP contribution >= 0.6 is 0 Å². The number of carboxylic acid groups (broad SMARTS) is 1. The van der Waals surface area contributed by atoms with Gasteiger partial charge in [-0.05, 0) is 24.3 Å². The van der Waals surface area contributed by atoms with Crippen LogP contribution in [0.3, 0.4) is 0 Å². The van der Waals surface area contributed by atoms with Gasteiger partial charge in [0.25, 0.3) is 5.91 Å². The molecule has 0 fully saturated rings. The summed E-state index contributed by atoms with van der Waals surface area (Å²) >= 11 is 0. The van der Waals surface area contributed by atoms with Crippen molar-refractivity contribution in [2.24, 2.45) is 0 Å². The molecule has 2 aromatic rings. The maximum Gasteiger partial charge on any atom is 0.328 e. The van der Waals surface area contributed by atoms with Gasteiger partial charge in [-0.25, -0.2) is 9.78 Å². The molecule has 0 saturated carbocycles. The van der Waals surface area contributed by atoms with Gasteiger partial charge in [0.05, 0.1) is 5.69 Å². The molecule has 0 aliphatic heterocycles. The average molecular weight is 258 g/mol. The zero-order valence-corrected chi connectivity index (χ0v) is 9.70. The summed E-state index contributed by atoms with van der Waals surface area (Å²) in [6, 6.07) is 6.43. The third kappa shape index (κ3) is 3.50. The number of carboxylic acids is 1. The van der Waals surface area contributed by atoms with E-state index in [4.69, 9.17) is 5.11 Å². The number of aromatic amines is 1. The quantitative estimate of drug-likeness (QED) is 0.713. The Morgan fingerprint density at radius 3 is 2.84 bits per heavy atom. The third-order valence-electron chi connectivity index (χ3n) is 2.15. The first-order chi connectivity index (χ1) is 9.15. The van der Waals surface area contributed by atoms with Crippen molar-refractivity contribution in [2.75, 3.05) is 5.32 Å². The minimum atomic E-state index is -1.06. The molecular weight excluding hydrogens is 248 g/mol. The molecule has 19 heavy (non-hydrogen) atoms. The third-order valence-corrected chi connectivity index (χ3v) is 2.15. The minimum absolute atomic E-state index is 0.313. The van der Waals surface area contributed by atoms with E-state index in [2.05, 4.69) is 20.5 Å². The van der Waals surface area contributed by atoms with Crippen molar-refractivity contribution in [3.63, 3.8) is 0 Å². The Bertz CT molecular complexity index is 620. The van der Waals surface area contributed by atoms with Crippen LogP contribution in [0.5, 0.6) is 0 Å². The van der Waals surface area contributed by atoms with Crippen LogP contribution in [0.4, 0.5) is 5.82 Å². The van der Waals surface area contributed by atoms with E-state index in [0.29, 0.717) is 17.2 Å². The summed E-state index contributed by atoms with van der Waals surface area (Å²) in [4.78, 5) is 26.2. The van der Waals surface area contributed by atoms with E-state index in [1.807, 2.05) is 0 Å². The maximum absolute atomic E-state index is 11.7. The molecule has 0 atom stereocenters. The number of aromatic nitrogens is 3. The van der Waals surface area contributed by atoms with Crippen LogP contribution < -0.4 is 5.32 Å². The second kappa shape index (κ2) is 5.58. The van der Waals surface area contributed by atoms with E-state index in [9.17, 15) is 9.59 Å². The summed E-state index contributed by atoms with van der Waals surface area (Å²) in [5, 5.41) is 17.3. The van der Waals surface area contributed by atoms with Gasteiger partial charge in [0.1, 0.15) is 11.5 Å². The molecule has 0 aromatic carbocycles. The Morgan fingerprint density at radius 2 is 2.16 bits per heavy atom. The number of rotatable bonds is 4. The van der Waals surface area contributed by atoms with Crippen LogP contribution in [0.15, 0.2) is 36.5 Å². The summed E-state index contributed by atoms with van der Waals surface area (Å²) in [5.74, 6) is -1.11. The lowest BCUT2D eigenvalue weighted by atomic mass is 10.3. The highest BCUT2D eigenvalue weighted by molar-refractivity contribution is 6.02. The predicted molar refractivity (Wildman–Crippen MR) is 67.4 cm³/mol. The Morgan fingerprint density at radius 1 is 1.32 bits per heavy atom. The number of aliphatic carboxylic acids is 1. The number of hydrogen-bond donors (Lipinski definition) is 3. The summed E-state index contributed by atoms with van der Waals surface area (Å²) < 4.78 is 0. The van der Waals surface area contributed by atoms with Crippen LogP contribution in [-0.2, 0) is 4.79 Å². The number of H-pyrrole nitrogens is 1. The van der Waals surface area contributed by atoms with Crippen molar-refractivity contribution >= 4 is 23.8 Å². The molecular formula is C12H10N4O3. The van der Waals surface area contributed by atoms with E-state index in [1.165, 1.54) is 18.3 Å². The van der Waals surface area contributed by atoms with Crippen molar-refractivity contribution in [2.45, 2.75) is 0 Å². The molecule has 96 valence electrons. The molecule has 0 unspecified atom stereocenters. The predicted octanol–water partition coefficient (Wildman–Crippen LogP) is 1.15. The normalized spacial score (nSPS) is 10.5. The van der Waals surface area contributed by atoms with Crippen LogP contribution in [0, 0.1) is 0 Å². The van der Waals surface area contributed by atoms with Gasteiger partial charge in [0.15, 0.2) is 0 Å². The first kappa shape index (κ1) is 12.5. The fourth-order valence-electron chi connectivity index (χ4n) is 1.34. The van der Waals surface area contributed by atoms with Gasteiger partial charge >= 0.3 is 5.97 Å². The van der Waals surface area contributed by atoms with E-state index in [-0.39, 0.29) is 5.91 Å². The van der Waals surface area contributed by atoms with Gasteiger partial charge in [0, 0.05) is 12.3 Å². The van der Waals surface area contributed by atoms with Gasteiger partial charge in [-0.15, -0.1) is 0 Å². The van der Waals surface area contributed by atoms with Crippen molar-refractivity contribution in [1.29, 1.82) is 0 Å². The molecule has 3 N–H and O–H groups in total. The zero-order valence-electron chi connectivity index (χ0n) is 9.70. The van der Waals surface area contributed by atoms with Crippen LogP contribution in [0.2, 0.25) is 0 Å². The Kier molecular flexibility index (Phi) is 3.67. The summed E-state index contributed by atoms with van der Waals surface area (Å²) in [7, 11) is 0. The van der Waals surface area contributed by atoms with Crippen LogP contribution in [0.25, 0.3) is 6.08 Å².